The maximum absolute atomic E-state index is 12.2. The second-order valence-electron chi connectivity index (χ2n) is 5.81. The van der Waals surface area contributed by atoms with Gasteiger partial charge >= 0.3 is 0 Å². The first-order valence-electron chi connectivity index (χ1n) is 8.16. The molecule has 0 spiro atoms. The van der Waals surface area contributed by atoms with Crippen molar-refractivity contribution in [2.75, 3.05) is 31.3 Å². The van der Waals surface area contributed by atoms with Gasteiger partial charge < -0.3 is 14.6 Å². The number of phenols is 1. The van der Waals surface area contributed by atoms with Crippen LogP contribution in [0.1, 0.15) is 5.56 Å². The first-order chi connectivity index (χ1) is 13.7. The van der Waals surface area contributed by atoms with Crippen LogP contribution in [0.25, 0.3) is 0 Å². The van der Waals surface area contributed by atoms with E-state index in [9.17, 15) is 18.3 Å². The average Bonchev–Trinajstić information content (AvgIpc) is 2.66. The molecule has 0 aliphatic heterocycles. The first-order valence-corrected chi connectivity index (χ1v) is 10.4. The van der Waals surface area contributed by atoms with Gasteiger partial charge in [-0.1, -0.05) is 11.6 Å². The molecule has 1 amide bonds. The van der Waals surface area contributed by atoms with Gasteiger partial charge in [0.05, 0.1) is 37.4 Å². The highest BCUT2D eigenvalue weighted by Gasteiger charge is 2.21. The monoisotopic (exact) mass is 441 g/mol. The molecule has 0 aliphatic rings. The summed E-state index contributed by atoms with van der Waals surface area (Å²) < 4.78 is 35.2. The number of ether oxygens (including phenoxy) is 2. The quantitative estimate of drug-likeness (QED) is 0.477. The number of carbonyl (C=O) groups is 1. The summed E-state index contributed by atoms with van der Waals surface area (Å²) >= 11 is 6.05. The number of benzene rings is 2. The number of rotatable bonds is 8. The summed E-state index contributed by atoms with van der Waals surface area (Å²) in [6.07, 6.45) is 2.30. The highest BCUT2D eigenvalue weighted by Crippen LogP contribution is 2.30. The van der Waals surface area contributed by atoms with E-state index in [-0.39, 0.29) is 22.2 Å². The lowest BCUT2D eigenvalue weighted by atomic mass is 10.2. The summed E-state index contributed by atoms with van der Waals surface area (Å²) in [5.74, 6) is -0.0675. The predicted octanol–water partition coefficient (Wildman–Crippen LogP) is 1.98. The van der Waals surface area contributed by atoms with Gasteiger partial charge in [-0.2, -0.15) is 5.10 Å². The molecule has 0 atom stereocenters. The van der Waals surface area contributed by atoms with E-state index in [2.05, 4.69) is 10.5 Å². The Balaban J connectivity index is 2.12. The van der Waals surface area contributed by atoms with Crippen molar-refractivity contribution in [1.82, 2.24) is 5.43 Å². The largest absolute Gasteiger partial charge is 0.504 e. The minimum absolute atomic E-state index is 0.0318. The Morgan fingerprint density at radius 1 is 1.21 bits per heavy atom. The van der Waals surface area contributed by atoms with Gasteiger partial charge in [0.1, 0.15) is 12.3 Å². The summed E-state index contributed by atoms with van der Waals surface area (Å²) in [4.78, 5) is 12.2. The van der Waals surface area contributed by atoms with Gasteiger partial charge in [0.25, 0.3) is 5.91 Å². The number of anilines is 1. The molecular formula is C18H20ClN3O6S. The molecule has 0 bridgehead atoms. The second-order valence-corrected chi connectivity index (χ2v) is 8.13. The fourth-order valence-electron chi connectivity index (χ4n) is 2.33. The molecule has 2 aromatic rings. The number of hydrogen-bond donors (Lipinski definition) is 2. The number of sulfonamides is 1. The van der Waals surface area contributed by atoms with Crippen LogP contribution < -0.4 is 19.2 Å². The lowest BCUT2D eigenvalue weighted by Gasteiger charge is -2.22. The number of amides is 1. The molecule has 0 fully saturated rings. The van der Waals surface area contributed by atoms with Gasteiger partial charge in [-0.05, 0) is 42.0 Å². The van der Waals surface area contributed by atoms with Gasteiger partial charge in [0, 0.05) is 0 Å². The summed E-state index contributed by atoms with van der Waals surface area (Å²) in [5.41, 5.74) is 3.02. The van der Waals surface area contributed by atoms with E-state index in [1.165, 1.54) is 50.8 Å². The van der Waals surface area contributed by atoms with Gasteiger partial charge in [-0.3, -0.25) is 9.10 Å². The Bertz CT molecular complexity index is 1030. The molecule has 2 aromatic carbocycles. The van der Waals surface area contributed by atoms with Crippen LogP contribution in [-0.2, 0) is 14.8 Å². The molecule has 11 heteroatoms. The van der Waals surface area contributed by atoms with Crippen molar-refractivity contribution in [2.24, 2.45) is 5.10 Å². The molecule has 0 aliphatic carbocycles. The lowest BCUT2D eigenvalue weighted by molar-refractivity contribution is -0.119. The van der Waals surface area contributed by atoms with Crippen LogP contribution in [0.4, 0.5) is 5.69 Å². The van der Waals surface area contributed by atoms with Gasteiger partial charge in [0.2, 0.25) is 10.0 Å². The number of nitrogens with one attached hydrogen (secondary N) is 1. The van der Waals surface area contributed by atoms with Crippen LogP contribution in [-0.4, -0.2) is 52.7 Å². The fourth-order valence-corrected chi connectivity index (χ4v) is 3.43. The number of halogens is 1. The van der Waals surface area contributed by atoms with Gasteiger partial charge in [-0.15, -0.1) is 0 Å². The van der Waals surface area contributed by atoms with Crippen LogP contribution in [0, 0.1) is 0 Å². The van der Waals surface area contributed by atoms with E-state index in [0.717, 1.165) is 10.6 Å². The minimum atomic E-state index is -3.76. The Morgan fingerprint density at radius 3 is 2.48 bits per heavy atom. The van der Waals surface area contributed by atoms with Crippen molar-refractivity contribution < 1.29 is 27.8 Å². The van der Waals surface area contributed by atoms with Gasteiger partial charge in [0.15, 0.2) is 11.5 Å². The van der Waals surface area contributed by atoms with E-state index in [0.29, 0.717) is 11.3 Å². The minimum Gasteiger partial charge on any atom is -0.504 e. The molecule has 0 radical (unpaired) electrons. The maximum atomic E-state index is 12.2. The Labute approximate surface area is 173 Å². The van der Waals surface area contributed by atoms with Crippen molar-refractivity contribution >= 4 is 39.4 Å². The van der Waals surface area contributed by atoms with Crippen LogP contribution >= 0.6 is 11.6 Å². The van der Waals surface area contributed by atoms with E-state index in [4.69, 9.17) is 21.1 Å². The zero-order valence-corrected chi connectivity index (χ0v) is 17.5. The summed E-state index contributed by atoms with van der Waals surface area (Å²) in [6.45, 7) is -0.502. The molecule has 2 N–H and O–H groups in total. The Morgan fingerprint density at radius 2 is 1.90 bits per heavy atom. The molecule has 29 heavy (non-hydrogen) atoms. The number of hydrazone groups is 1. The van der Waals surface area contributed by atoms with Crippen LogP contribution in [0.15, 0.2) is 41.5 Å². The average molecular weight is 442 g/mol. The normalized spacial score (nSPS) is 11.3. The third-order valence-electron chi connectivity index (χ3n) is 3.72. The van der Waals surface area contributed by atoms with E-state index < -0.39 is 22.5 Å². The van der Waals surface area contributed by atoms with Crippen molar-refractivity contribution in [3.63, 3.8) is 0 Å². The first kappa shape index (κ1) is 22.3. The molecule has 0 heterocycles. The molecule has 0 unspecified atom stereocenters. The smallest absolute Gasteiger partial charge is 0.260 e. The molecular weight excluding hydrogens is 422 g/mol. The Kier molecular flexibility index (Phi) is 7.29. The number of carbonyl (C=O) groups excluding carboxylic acids is 1. The van der Waals surface area contributed by atoms with E-state index >= 15 is 0 Å². The molecule has 2 rings (SSSR count). The third kappa shape index (κ3) is 6.00. The molecule has 0 aromatic heterocycles. The zero-order valence-electron chi connectivity index (χ0n) is 15.9. The van der Waals surface area contributed by atoms with Crippen LogP contribution in [0.2, 0.25) is 5.02 Å². The highest BCUT2D eigenvalue weighted by atomic mass is 35.5. The van der Waals surface area contributed by atoms with Gasteiger partial charge in [-0.25, -0.2) is 13.8 Å². The third-order valence-corrected chi connectivity index (χ3v) is 5.15. The number of hydrogen-bond acceptors (Lipinski definition) is 7. The van der Waals surface area contributed by atoms with Crippen molar-refractivity contribution in [2.45, 2.75) is 0 Å². The van der Waals surface area contributed by atoms with Crippen LogP contribution in [0.3, 0.4) is 0 Å². The summed E-state index contributed by atoms with van der Waals surface area (Å²) in [6, 6.07) is 8.87. The molecule has 156 valence electrons. The molecule has 9 nitrogen and oxygen atoms in total. The summed E-state index contributed by atoms with van der Waals surface area (Å²) in [7, 11) is -0.923. The maximum Gasteiger partial charge on any atom is 0.260 e. The molecule has 0 saturated carbocycles. The lowest BCUT2D eigenvalue weighted by Crippen LogP contribution is -2.39. The standard InChI is InChI=1S/C18H20ClN3O6S/c1-27-16-7-5-13(9-14(16)19)22(29(3,25)26)11-18(24)21-20-10-12-4-6-15(23)17(8-12)28-2/h4-10,23H,11H2,1-3H3,(H,21,24)/b20-10-. The number of aromatic hydroxyl groups is 1. The zero-order chi connectivity index (χ0) is 21.6. The number of nitrogens with zero attached hydrogens (tertiary/aromatic N) is 2. The Hall–Kier alpha value is -2.98. The highest BCUT2D eigenvalue weighted by molar-refractivity contribution is 7.92. The summed E-state index contributed by atoms with van der Waals surface area (Å²) in [5, 5.41) is 13.6. The molecule has 0 saturated heterocycles. The fraction of sp³-hybridized carbons (Fsp3) is 0.222. The van der Waals surface area contributed by atoms with Crippen molar-refractivity contribution in [3.05, 3.63) is 47.0 Å². The van der Waals surface area contributed by atoms with Crippen LogP contribution in [0.5, 0.6) is 17.2 Å². The number of methoxy groups -OCH3 is 2. The topological polar surface area (TPSA) is 118 Å². The second kappa shape index (κ2) is 9.48. The SMILES string of the molecule is COc1cc(/C=N\NC(=O)CN(c2ccc(OC)c(Cl)c2)S(C)(=O)=O)ccc1O. The van der Waals surface area contributed by atoms with Crippen molar-refractivity contribution in [1.29, 1.82) is 0 Å². The van der Waals surface area contributed by atoms with E-state index in [1.807, 2.05) is 0 Å². The van der Waals surface area contributed by atoms with E-state index in [1.54, 1.807) is 6.07 Å². The number of phenolic OH excluding ortho intramolecular Hbond substituents is 1. The van der Waals surface area contributed by atoms with Crippen molar-refractivity contribution in [3.8, 4) is 17.2 Å². The predicted molar refractivity (Wildman–Crippen MR) is 111 cm³/mol.